The van der Waals surface area contributed by atoms with E-state index in [0.717, 1.165) is 44.5 Å². The van der Waals surface area contributed by atoms with Gasteiger partial charge in [0.1, 0.15) is 12.2 Å². The molecule has 67 heavy (non-hydrogen) atoms. The van der Waals surface area contributed by atoms with Crippen molar-refractivity contribution in [3.05, 3.63) is 90.9 Å². The summed E-state index contributed by atoms with van der Waals surface area (Å²) in [6.07, 6.45) is 13.9. The average molecular weight is 1000 g/mol. The highest BCUT2D eigenvalue weighted by atomic mass is 32.2. The summed E-state index contributed by atoms with van der Waals surface area (Å²) in [5, 5.41) is 48.4. The zero-order valence-corrected chi connectivity index (χ0v) is 45.4. The highest BCUT2D eigenvalue weighted by Crippen LogP contribution is 2.37. The molecule has 4 rings (SSSR count). The summed E-state index contributed by atoms with van der Waals surface area (Å²) >= 11 is 4.64. The van der Waals surface area contributed by atoms with Crippen molar-refractivity contribution in [2.75, 3.05) is 0 Å². The predicted octanol–water partition coefficient (Wildman–Crippen LogP) is 10.4. The third-order valence-corrected chi connectivity index (χ3v) is 17.8. The zero-order valence-electron chi connectivity index (χ0n) is 42.1. The maximum absolute atomic E-state index is 13.3. The summed E-state index contributed by atoms with van der Waals surface area (Å²) in [5.41, 5.74) is 5.75. The lowest BCUT2D eigenvalue weighted by molar-refractivity contribution is -0.150. The number of carbonyl (C=O) groups is 2. The Bertz CT molecular complexity index is 2150. The first-order valence-electron chi connectivity index (χ1n) is 23.3. The lowest BCUT2D eigenvalue weighted by Gasteiger charge is -2.35. The number of allylic oxidation sites excluding steroid dienone is 4. The van der Waals surface area contributed by atoms with Gasteiger partial charge in [-0.1, -0.05) is 68.4 Å². The van der Waals surface area contributed by atoms with Crippen molar-refractivity contribution >= 4 is 69.3 Å². The minimum absolute atomic E-state index is 0.00870. The number of nitrogens with zero attached hydrogens (tertiary/aromatic N) is 2. The second-order valence-corrected chi connectivity index (χ2v) is 25.9. The zero-order chi connectivity index (χ0) is 50.4. The van der Waals surface area contributed by atoms with E-state index >= 15 is 0 Å². The van der Waals surface area contributed by atoms with Gasteiger partial charge in [-0.05, 0) is 112 Å². The first-order valence-corrected chi connectivity index (χ1v) is 27.1. The minimum atomic E-state index is -1.59. The molecule has 0 aliphatic carbocycles. The molecule has 11 atom stereocenters. The van der Waals surface area contributed by atoms with Crippen LogP contribution in [-0.4, -0.2) is 103 Å². The van der Waals surface area contributed by atoms with Crippen LogP contribution in [0.15, 0.2) is 69.5 Å². The average Bonchev–Trinajstić information content (AvgIpc) is 3.87. The number of aliphatic hydroxyl groups is 4. The Hall–Kier alpha value is -3.02. The lowest BCUT2D eigenvalue weighted by Crippen LogP contribution is -2.48. The largest absolute Gasteiger partial charge is 0.457 e. The first-order chi connectivity index (χ1) is 31.2. The standard InChI is InChI=1S/C26H39NO5S2.C26H39NO4S2/c1-16-9-8-10-17(2)25(30)19(4)34(31)26(6,7)23(28)14-24(29)32-22(12-11-16)18(3)13-21-15-33-20(5)27-21;1-16-9-8-10-17(2)25(30)19(4)33-26(6,7)23(28)14-24(29)31-22(12-11-16)18(3)13-21-15-32-20(5)27-21/h8,10-11,13,15,17,19,22-23,25,28,30H,9,12,14H2,1-7H3;8,10-11,13,15,17,19,22-23,25,28,30H,9,12,14H2,1-7H3/b2*10-8-,16-11-,18-13+/t17-,19+,22-,23+,25-,34?;17-,19+,22-,23+,25-/m00/s1. The van der Waals surface area contributed by atoms with E-state index in [4.69, 9.17) is 9.47 Å². The summed E-state index contributed by atoms with van der Waals surface area (Å²) < 4.78 is 23.2. The fourth-order valence-electron chi connectivity index (χ4n) is 7.59. The van der Waals surface area contributed by atoms with Crippen LogP contribution in [0.5, 0.6) is 0 Å². The van der Waals surface area contributed by atoms with E-state index in [1.807, 2.05) is 104 Å². The molecule has 0 fully saturated rings. The Morgan fingerprint density at radius 3 is 1.54 bits per heavy atom. The lowest BCUT2D eigenvalue weighted by atomic mass is 10.00. The van der Waals surface area contributed by atoms with Crippen LogP contribution >= 0.6 is 34.4 Å². The SMILES string of the molecule is C/C1=C/C[C@@H](/C(C)=C/c2csc(C)n2)OC(=O)C[C@@H](O)C(C)(C)S(=O)[C@H](C)[C@@H](O)[C@@H](C)/C=C\C1.C/C1=C/C[C@@H](/C(C)=C/c2csc(C)n2)OC(=O)C[C@@H](O)C(C)(C)S[C@H](C)[C@@H](O)[C@@H](C)/C=C\C1. The first kappa shape index (κ1) is 58.3. The fraction of sp³-hybridized carbons (Fsp3) is 0.615. The van der Waals surface area contributed by atoms with Crippen LogP contribution in [0, 0.1) is 25.7 Å². The Morgan fingerprint density at radius 1 is 0.701 bits per heavy atom. The highest BCUT2D eigenvalue weighted by molar-refractivity contribution is 8.01. The van der Waals surface area contributed by atoms with Gasteiger partial charge < -0.3 is 29.9 Å². The molecule has 2 aromatic heterocycles. The Labute approximate surface area is 415 Å². The molecule has 2 aliphatic rings. The van der Waals surface area contributed by atoms with Gasteiger partial charge in [0.2, 0.25) is 0 Å². The summed E-state index contributed by atoms with van der Waals surface area (Å²) in [7, 11) is -1.59. The second-order valence-electron chi connectivity index (χ2n) is 19.3. The van der Waals surface area contributed by atoms with Crippen molar-refractivity contribution in [2.24, 2.45) is 11.8 Å². The number of ether oxygens (including phenoxy) is 2. The molecule has 4 heterocycles. The summed E-state index contributed by atoms with van der Waals surface area (Å²) in [5.74, 6) is -1.19. The molecule has 0 saturated carbocycles. The number of aryl methyl sites for hydroxylation is 2. The number of hydrogen-bond donors (Lipinski definition) is 4. The third kappa shape index (κ3) is 18.7. The van der Waals surface area contributed by atoms with Crippen molar-refractivity contribution in [1.82, 2.24) is 9.97 Å². The van der Waals surface area contributed by atoms with Gasteiger partial charge in [0.05, 0.1) is 68.7 Å². The maximum Gasteiger partial charge on any atom is 0.309 e. The molecular formula is C52H78N2O9S4. The Morgan fingerprint density at radius 2 is 1.12 bits per heavy atom. The van der Waals surface area contributed by atoms with Gasteiger partial charge in [0.25, 0.3) is 0 Å². The number of esters is 2. The van der Waals surface area contributed by atoms with Crippen molar-refractivity contribution in [3.8, 4) is 0 Å². The predicted molar refractivity (Wildman–Crippen MR) is 279 cm³/mol. The molecule has 0 saturated heterocycles. The van der Waals surface area contributed by atoms with E-state index < -0.39 is 74.1 Å². The molecule has 15 heteroatoms. The normalized spacial score (nSPS) is 33.9. The highest BCUT2D eigenvalue weighted by Gasteiger charge is 2.41. The molecule has 11 nitrogen and oxygen atoms in total. The van der Waals surface area contributed by atoms with Gasteiger partial charge in [-0.3, -0.25) is 13.8 Å². The second kappa shape index (κ2) is 26.8. The number of rotatable bonds is 4. The van der Waals surface area contributed by atoms with Gasteiger partial charge >= 0.3 is 11.9 Å². The molecule has 1 unspecified atom stereocenters. The number of aromatic nitrogens is 2. The number of cyclic esters (lactones) is 2. The summed E-state index contributed by atoms with van der Waals surface area (Å²) in [6, 6.07) is 0. The van der Waals surface area contributed by atoms with Gasteiger partial charge in [0.15, 0.2) is 0 Å². The van der Waals surface area contributed by atoms with Crippen molar-refractivity contribution in [2.45, 2.75) is 192 Å². The molecule has 0 radical (unpaired) electrons. The molecule has 0 amide bonds. The molecular weight excluding hydrogens is 925 g/mol. The van der Waals surface area contributed by atoms with Crippen LogP contribution in [-0.2, 0) is 29.9 Å². The van der Waals surface area contributed by atoms with E-state index in [-0.39, 0.29) is 29.9 Å². The van der Waals surface area contributed by atoms with Gasteiger partial charge in [-0.15, -0.1) is 34.4 Å². The van der Waals surface area contributed by atoms with Crippen molar-refractivity contribution in [3.63, 3.8) is 0 Å². The Balaban J connectivity index is 0.000000355. The van der Waals surface area contributed by atoms with Crippen molar-refractivity contribution < 1.29 is 43.7 Å². The molecule has 0 spiro atoms. The monoisotopic (exact) mass is 1000 g/mol. The van der Waals surface area contributed by atoms with Crippen molar-refractivity contribution in [1.29, 1.82) is 0 Å². The number of hydrogen-bond acceptors (Lipinski definition) is 14. The van der Waals surface area contributed by atoms with E-state index in [9.17, 15) is 34.2 Å². The van der Waals surface area contributed by atoms with Crippen LogP contribution in [0.1, 0.15) is 143 Å². The van der Waals surface area contributed by atoms with Crippen LogP contribution in [0.2, 0.25) is 0 Å². The quantitative estimate of drug-likeness (QED) is 0.169. The van der Waals surface area contributed by atoms with Crippen LogP contribution in [0.4, 0.5) is 0 Å². The maximum atomic E-state index is 13.3. The van der Waals surface area contributed by atoms with E-state index in [1.54, 1.807) is 43.4 Å². The number of thiazole rings is 2. The van der Waals surface area contributed by atoms with Gasteiger partial charge in [-0.2, -0.15) is 0 Å². The van der Waals surface area contributed by atoms with E-state index in [1.165, 1.54) is 17.3 Å². The van der Waals surface area contributed by atoms with E-state index in [0.29, 0.717) is 19.3 Å². The Kier molecular flexibility index (Phi) is 23.3. The fourth-order valence-corrected chi connectivity index (χ4v) is 12.1. The summed E-state index contributed by atoms with van der Waals surface area (Å²) in [4.78, 5) is 34.6. The van der Waals surface area contributed by atoms with Gasteiger partial charge in [0, 0.05) is 56.2 Å². The molecule has 0 aromatic carbocycles. The van der Waals surface area contributed by atoms with Gasteiger partial charge in [-0.25, -0.2) is 9.97 Å². The molecule has 4 N–H and O–H groups in total. The number of aliphatic hydroxyl groups excluding tert-OH is 4. The molecule has 2 aliphatic heterocycles. The summed E-state index contributed by atoms with van der Waals surface area (Å²) in [6.45, 7) is 26.5. The molecule has 374 valence electrons. The smallest absolute Gasteiger partial charge is 0.309 e. The minimum Gasteiger partial charge on any atom is -0.457 e. The number of carbonyl (C=O) groups excluding carboxylic acids is 2. The van der Waals surface area contributed by atoms with Crippen LogP contribution in [0.25, 0.3) is 12.2 Å². The number of thioether (sulfide) groups is 1. The van der Waals surface area contributed by atoms with Crippen LogP contribution < -0.4 is 0 Å². The van der Waals surface area contributed by atoms with Crippen LogP contribution in [0.3, 0.4) is 0 Å². The molecule has 2 aromatic rings. The molecule has 0 bridgehead atoms. The van der Waals surface area contributed by atoms with E-state index in [2.05, 4.69) is 41.2 Å². The topological polar surface area (TPSA) is 176 Å². The third-order valence-electron chi connectivity index (χ3n) is 12.4.